The molecule has 0 radical (unpaired) electrons. The van der Waals surface area contributed by atoms with Gasteiger partial charge in [0.1, 0.15) is 0 Å². The number of carbonyl (C=O) groups is 2. The summed E-state index contributed by atoms with van der Waals surface area (Å²) in [7, 11) is 0. The zero-order valence-corrected chi connectivity index (χ0v) is 12.3. The number of hydrogen-bond acceptors (Lipinski definition) is 3. The predicted molar refractivity (Wildman–Crippen MR) is 78.9 cm³/mol. The van der Waals surface area contributed by atoms with E-state index in [1.54, 1.807) is 12.2 Å². The molecule has 1 amide bonds. The van der Waals surface area contributed by atoms with Gasteiger partial charge in [-0.25, -0.2) is 0 Å². The van der Waals surface area contributed by atoms with E-state index in [1.807, 2.05) is 51.1 Å². The summed E-state index contributed by atoms with van der Waals surface area (Å²) in [4.78, 5) is 23.2. The van der Waals surface area contributed by atoms with Crippen LogP contribution < -0.4 is 5.32 Å². The first-order valence-corrected chi connectivity index (χ1v) is 6.50. The molecule has 0 saturated heterocycles. The molecule has 0 heterocycles. The zero-order valence-electron chi connectivity index (χ0n) is 12.3. The topological polar surface area (TPSA) is 55.4 Å². The Morgan fingerprint density at radius 2 is 1.80 bits per heavy atom. The minimum Gasteiger partial charge on any atom is -0.448 e. The van der Waals surface area contributed by atoms with Crippen molar-refractivity contribution in [3.63, 3.8) is 0 Å². The summed E-state index contributed by atoms with van der Waals surface area (Å²) in [6, 6.07) is 9.52. The molecule has 20 heavy (non-hydrogen) atoms. The molecule has 1 atom stereocenters. The quantitative estimate of drug-likeness (QED) is 0.859. The van der Waals surface area contributed by atoms with Gasteiger partial charge in [-0.3, -0.25) is 9.59 Å². The van der Waals surface area contributed by atoms with Gasteiger partial charge in [0.05, 0.1) is 0 Å². The molecule has 1 aromatic carbocycles. The number of ether oxygens (including phenoxy) is 1. The maximum Gasteiger partial charge on any atom is 0.303 e. The number of benzene rings is 1. The smallest absolute Gasteiger partial charge is 0.303 e. The lowest BCUT2D eigenvalue weighted by Crippen LogP contribution is -2.46. The van der Waals surface area contributed by atoms with E-state index in [1.165, 1.54) is 6.92 Å². The second-order valence-electron chi connectivity index (χ2n) is 5.54. The molecule has 0 aliphatic rings. The standard InChI is InChI=1S/C16H21NO3/c1-12(18)20-14(15(19)17-16(2,3)4)11-10-13-8-6-5-7-9-13/h5-11,14H,1-4H3,(H,17,19)/b11-10+. The van der Waals surface area contributed by atoms with Crippen LogP contribution in [0.4, 0.5) is 0 Å². The van der Waals surface area contributed by atoms with Crippen molar-refractivity contribution in [2.45, 2.75) is 39.3 Å². The molecule has 0 bridgehead atoms. The molecule has 0 aliphatic carbocycles. The van der Waals surface area contributed by atoms with Gasteiger partial charge in [-0.05, 0) is 32.4 Å². The number of amides is 1. The van der Waals surface area contributed by atoms with Crippen LogP contribution >= 0.6 is 0 Å². The maximum absolute atomic E-state index is 12.1. The van der Waals surface area contributed by atoms with Gasteiger partial charge < -0.3 is 10.1 Å². The molecular weight excluding hydrogens is 254 g/mol. The Hall–Kier alpha value is -2.10. The molecule has 4 heteroatoms. The van der Waals surface area contributed by atoms with Crippen molar-refractivity contribution < 1.29 is 14.3 Å². The van der Waals surface area contributed by atoms with Crippen LogP contribution in [-0.4, -0.2) is 23.5 Å². The van der Waals surface area contributed by atoms with Gasteiger partial charge in [-0.15, -0.1) is 0 Å². The molecule has 1 aromatic rings. The molecule has 0 saturated carbocycles. The molecule has 0 aliphatic heterocycles. The lowest BCUT2D eigenvalue weighted by atomic mass is 10.1. The largest absolute Gasteiger partial charge is 0.448 e. The molecular formula is C16H21NO3. The fourth-order valence-corrected chi connectivity index (χ4v) is 1.56. The number of rotatable bonds is 4. The van der Waals surface area contributed by atoms with Crippen LogP contribution in [-0.2, 0) is 14.3 Å². The maximum atomic E-state index is 12.1. The minimum atomic E-state index is -0.924. The van der Waals surface area contributed by atoms with Gasteiger partial charge in [0.25, 0.3) is 5.91 Å². The van der Waals surface area contributed by atoms with E-state index in [-0.39, 0.29) is 11.4 Å². The fraction of sp³-hybridized carbons (Fsp3) is 0.375. The first-order chi connectivity index (χ1) is 9.28. The molecule has 0 aromatic heterocycles. The van der Waals surface area contributed by atoms with E-state index in [0.29, 0.717) is 0 Å². The number of esters is 1. The highest BCUT2D eigenvalue weighted by molar-refractivity contribution is 5.86. The first-order valence-electron chi connectivity index (χ1n) is 6.50. The van der Waals surface area contributed by atoms with Crippen LogP contribution in [0, 0.1) is 0 Å². The molecule has 1 rings (SSSR count). The SMILES string of the molecule is CC(=O)OC(/C=C/c1ccccc1)C(=O)NC(C)(C)C. The van der Waals surface area contributed by atoms with Crippen molar-refractivity contribution in [1.82, 2.24) is 5.32 Å². The van der Waals surface area contributed by atoms with Crippen molar-refractivity contribution in [1.29, 1.82) is 0 Å². The van der Waals surface area contributed by atoms with Gasteiger partial charge in [0, 0.05) is 12.5 Å². The van der Waals surface area contributed by atoms with E-state index < -0.39 is 12.1 Å². The van der Waals surface area contributed by atoms with Crippen molar-refractivity contribution >= 4 is 18.0 Å². The summed E-state index contributed by atoms with van der Waals surface area (Å²) in [6.45, 7) is 6.90. The second kappa shape index (κ2) is 6.89. The van der Waals surface area contributed by atoms with E-state index in [0.717, 1.165) is 5.56 Å². The normalized spacial score (nSPS) is 13.0. The number of nitrogens with one attached hydrogen (secondary N) is 1. The zero-order chi connectivity index (χ0) is 15.2. The lowest BCUT2D eigenvalue weighted by molar-refractivity contribution is -0.151. The number of carbonyl (C=O) groups excluding carboxylic acids is 2. The van der Waals surface area contributed by atoms with E-state index in [9.17, 15) is 9.59 Å². The van der Waals surface area contributed by atoms with E-state index in [2.05, 4.69) is 5.32 Å². The Labute approximate surface area is 119 Å². The highest BCUT2D eigenvalue weighted by Crippen LogP contribution is 2.07. The van der Waals surface area contributed by atoms with Crippen LogP contribution in [0.5, 0.6) is 0 Å². The van der Waals surface area contributed by atoms with Crippen LogP contribution in [0.15, 0.2) is 36.4 Å². The lowest BCUT2D eigenvalue weighted by Gasteiger charge is -2.23. The molecule has 1 unspecified atom stereocenters. The van der Waals surface area contributed by atoms with Gasteiger partial charge in [0.15, 0.2) is 6.10 Å². The van der Waals surface area contributed by atoms with Crippen LogP contribution in [0.1, 0.15) is 33.3 Å². The van der Waals surface area contributed by atoms with Crippen molar-refractivity contribution in [3.8, 4) is 0 Å². The summed E-state index contributed by atoms with van der Waals surface area (Å²) in [6.07, 6.45) is 2.42. The van der Waals surface area contributed by atoms with Crippen molar-refractivity contribution in [3.05, 3.63) is 42.0 Å². The average molecular weight is 275 g/mol. The second-order valence-corrected chi connectivity index (χ2v) is 5.54. The predicted octanol–water partition coefficient (Wildman–Crippen LogP) is 2.55. The molecule has 1 N–H and O–H groups in total. The van der Waals surface area contributed by atoms with Gasteiger partial charge in [0.2, 0.25) is 0 Å². The monoisotopic (exact) mass is 275 g/mol. The minimum absolute atomic E-state index is 0.333. The highest BCUT2D eigenvalue weighted by Gasteiger charge is 2.23. The highest BCUT2D eigenvalue weighted by atomic mass is 16.5. The Morgan fingerprint density at radius 1 is 1.20 bits per heavy atom. The third-order valence-electron chi connectivity index (χ3n) is 2.31. The summed E-state index contributed by atoms with van der Waals surface area (Å²) >= 11 is 0. The Morgan fingerprint density at radius 3 is 2.30 bits per heavy atom. The molecule has 0 spiro atoms. The van der Waals surface area contributed by atoms with Gasteiger partial charge in [-0.1, -0.05) is 36.4 Å². The summed E-state index contributed by atoms with van der Waals surface area (Å²) in [5.74, 6) is -0.823. The van der Waals surface area contributed by atoms with E-state index >= 15 is 0 Å². The third-order valence-corrected chi connectivity index (χ3v) is 2.31. The summed E-state index contributed by atoms with van der Waals surface area (Å²) in [5, 5.41) is 2.79. The van der Waals surface area contributed by atoms with Crippen LogP contribution in [0.2, 0.25) is 0 Å². The van der Waals surface area contributed by atoms with Crippen LogP contribution in [0.3, 0.4) is 0 Å². The van der Waals surface area contributed by atoms with Crippen LogP contribution in [0.25, 0.3) is 6.08 Å². The summed E-state index contributed by atoms with van der Waals surface area (Å²) < 4.78 is 5.04. The fourth-order valence-electron chi connectivity index (χ4n) is 1.56. The van der Waals surface area contributed by atoms with Gasteiger partial charge in [-0.2, -0.15) is 0 Å². The van der Waals surface area contributed by atoms with Crippen molar-refractivity contribution in [2.75, 3.05) is 0 Å². The summed E-state index contributed by atoms with van der Waals surface area (Å²) in [5.41, 5.74) is 0.559. The van der Waals surface area contributed by atoms with Gasteiger partial charge >= 0.3 is 5.97 Å². The number of hydrogen-bond donors (Lipinski definition) is 1. The molecule has 4 nitrogen and oxygen atoms in total. The Balaban J connectivity index is 2.82. The Kier molecular flexibility index (Phi) is 5.50. The average Bonchev–Trinajstić information content (AvgIpc) is 2.33. The third kappa shape index (κ3) is 6.18. The molecule has 0 fully saturated rings. The molecule has 108 valence electrons. The van der Waals surface area contributed by atoms with E-state index in [4.69, 9.17) is 4.74 Å². The first kappa shape index (κ1) is 16.0. The Bertz CT molecular complexity index is 486. The van der Waals surface area contributed by atoms with Crippen molar-refractivity contribution in [2.24, 2.45) is 0 Å².